The molecule has 0 unspecified atom stereocenters. The first-order chi connectivity index (χ1) is 12.2. The lowest BCUT2D eigenvalue weighted by atomic mass is 10.1. The van der Waals surface area contributed by atoms with Crippen LogP contribution in [0.4, 0.5) is 0 Å². The molecule has 0 bridgehead atoms. The molecule has 3 rings (SSSR count). The number of amides is 1. The van der Waals surface area contributed by atoms with Crippen LogP contribution in [0.5, 0.6) is 0 Å². The van der Waals surface area contributed by atoms with E-state index in [0.717, 1.165) is 22.5 Å². The zero-order valence-corrected chi connectivity index (χ0v) is 14.2. The predicted octanol–water partition coefficient (Wildman–Crippen LogP) is 3.57. The minimum absolute atomic E-state index is 0.242. The maximum absolute atomic E-state index is 12.0. The summed E-state index contributed by atoms with van der Waals surface area (Å²) in [7, 11) is 3.02. The summed E-state index contributed by atoms with van der Waals surface area (Å²) >= 11 is 0. The molecular weight excluding hydrogens is 314 g/mol. The van der Waals surface area contributed by atoms with Gasteiger partial charge in [-0.2, -0.15) is 5.10 Å². The van der Waals surface area contributed by atoms with Gasteiger partial charge in [0.15, 0.2) is 0 Å². The number of carbonyl (C=O) groups is 1. The van der Waals surface area contributed by atoms with Crippen molar-refractivity contribution in [3.05, 3.63) is 78.5 Å². The van der Waals surface area contributed by atoms with E-state index in [1.165, 1.54) is 18.2 Å². The first-order valence-corrected chi connectivity index (χ1v) is 7.89. The van der Waals surface area contributed by atoms with Gasteiger partial charge in [0, 0.05) is 30.4 Å². The smallest absolute Gasteiger partial charge is 0.269 e. The number of likely N-dealkylation sites (N-methyl/N-ethyl adjacent to an activating group) is 1. The summed E-state index contributed by atoms with van der Waals surface area (Å²) in [5.41, 5.74) is 3.62. The fourth-order valence-corrected chi connectivity index (χ4v) is 2.40. The topological polar surface area (TPSA) is 47.4 Å². The fourth-order valence-electron chi connectivity index (χ4n) is 2.40. The average molecular weight is 333 g/mol. The van der Waals surface area contributed by atoms with Crippen molar-refractivity contribution in [2.24, 2.45) is 0 Å². The van der Waals surface area contributed by atoms with Crippen molar-refractivity contribution in [2.45, 2.75) is 0 Å². The van der Waals surface area contributed by atoms with Crippen LogP contribution in [0, 0.1) is 0 Å². The molecule has 0 spiro atoms. The maximum atomic E-state index is 12.0. The Balaban J connectivity index is 2.02. The Hall–Kier alpha value is -3.18. The molecule has 0 aliphatic heterocycles. The van der Waals surface area contributed by atoms with Crippen molar-refractivity contribution in [1.82, 2.24) is 14.8 Å². The van der Waals surface area contributed by atoms with Gasteiger partial charge in [-0.15, -0.1) is 0 Å². The highest BCUT2D eigenvalue weighted by Crippen LogP contribution is 2.24. The molecule has 0 aliphatic carbocycles. The van der Waals surface area contributed by atoms with E-state index in [4.69, 9.17) is 9.94 Å². The molecule has 0 fully saturated rings. The van der Waals surface area contributed by atoms with E-state index < -0.39 is 0 Å². The zero-order valence-electron chi connectivity index (χ0n) is 14.2. The highest BCUT2D eigenvalue weighted by atomic mass is 16.7. The molecule has 0 atom stereocenters. The van der Waals surface area contributed by atoms with Gasteiger partial charge in [-0.05, 0) is 18.2 Å². The van der Waals surface area contributed by atoms with Crippen LogP contribution in [0.15, 0.2) is 72.9 Å². The third-order valence-corrected chi connectivity index (χ3v) is 3.80. The summed E-state index contributed by atoms with van der Waals surface area (Å²) in [5.74, 6) is -0.242. The van der Waals surface area contributed by atoms with Gasteiger partial charge in [0.2, 0.25) is 0 Å². The lowest BCUT2D eigenvalue weighted by molar-refractivity contribution is -0.162. The van der Waals surface area contributed by atoms with Crippen molar-refractivity contribution < 1.29 is 9.63 Å². The Labute approximate surface area is 146 Å². The van der Waals surface area contributed by atoms with Crippen LogP contribution in [-0.2, 0) is 9.63 Å². The van der Waals surface area contributed by atoms with Crippen LogP contribution >= 0.6 is 0 Å². The van der Waals surface area contributed by atoms with Crippen molar-refractivity contribution in [3.8, 4) is 16.9 Å². The van der Waals surface area contributed by atoms with Gasteiger partial charge in [-0.25, -0.2) is 9.75 Å². The summed E-state index contributed by atoms with van der Waals surface area (Å²) in [6.07, 6.45) is 5.14. The van der Waals surface area contributed by atoms with Gasteiger partial charge in [0.05, 0.1) is 18.5 Å². The molecule has 1 heterocycles. The van der Waals surface area contributed by atoms with E-state index >= 15 is 0 Å². The highest BCUT2D eigenvalue weighted by Gasteiger charge is 2.11. The molecule has 0 saturated heterocycles. The molecule has 126 valence electrons. The van der Waals surface area contributed by atoms with Crippen LogP contribution in [-0.4, -0.2) is 34.9 Å². The Kier molecular flexibility index (Phi) is 5.06. The number of hydroxylamine groups is 2. The van der Waals surface area contributed by atoms with E-state index in [2.05, 4.69) is 0 Å². The lowest BCUT2D eigenvalue weighted by Gasteiger charge is -2.09. The second-order valence-electron chi connectivity index (χ2n) is 5.43. The van der Waals surface area contributed by atoms with E-state index in [1.54, 1.807) is 13.1 Å². The molecule has 0 radical (unpaired) electrons. The predicted molar refractivity (Wildman–Crippen MR) is 97.8 cm³/mol. The minimum atomic E-state index is -0.242. The van der Waals surface area contributed by atoms with Crippen LogP contribution in [0.2, 0.25) is 0 Å². The number of hydrogen-bond acceptors (Lipinski definition) is 3. The number of carbonyl (C=O) groups excluding carboxylic acids is 1. The quantitative estimate of drug-likeness (QED) is 0.530. The molecule has 2 aromatic carbocycles. The van der Waals surface area contributed by atoms with E-state index in [1.807, 2.05) is 71.5 Å². The standard InChI is InChI=1S/C20H19N3O2/c1-22(25-2)19(24)14-13-17-15-23(18-11-7-4-8-12-18)21-20(17)16-9-5-3-6-10-16/h3-15H,1-2H3/b14-13+. The van der Waals surface area contributed by atoms with E-state index in [-0.39, 0.29) is 5.91 Å². The molecular formula is C20H19N3O2. The first kappa shape index (κ1) is 16.7. The first-order valence-electron chi connectivity index (χ1n) is 7.89. The monoisotopic (exact) mass is 333 g/mol. The van der Waals surface area contributed by atoms with Gasteiger partial charge in [0.1, 0.15) is 0 Å². The second-order valence-corrected chi connectivity index (χ2v) is 5.43. The molecule has 25 heavy (non-hydrogen) atoms. The van der Waals surface area contributed by atoms with Gasteiger partial charge >= 0.3 is 0 Å². The third kappa shape index (κ3) is 3.84. The Morgan fingerprint density at radius 1 is 1.08 bits per heavy atom. The number of para-hydroxylation sites is 1. The van der Waals surface area contributed by atoms with Crippen molar-refractivity contribution in [3.63, 3.8) is 0 Å². The van der Waals surface area contributed by atoms with Crippen LogP contribution in [0.1, 0.15) is 5.56 Å². The van der Waals surface area contributed by atoms with Gasteiger partial charge < -0.3 is 0 Å². The summed E-state index contributed by atoms with van der Waals surface area (Å²) in [6.45, 7) is 0. The Morgan fingerprint density at radius 2 is 1.72 bits per heavy atom. The maximum Gasteiger partial charge on any atom is 0.269 e. The molecule has 0 aliphatic rings. The third-order valence-electron chi connectivity index (χ3n) is 3.80. The van der Waals surface area contributed by atoms with Crippen LogP contribution in [0.3, 0.4) is 0 Å². The molecule has 5 heteroatoms. The summed E-state index contributed by atoms with van der Waals surface area (Å²) in [5, 5.41) is 5.87. The summed E-state index contributed by atoms with van der Waals surface area (Å²) in [4.78, 5) is 16.9. The number of hydrogen-bond donors (Lipinski definition) is 0. The number of benzene rings is 2. The largest absolute Gasteiger partial charge is 0.274 e. The normalized spacial score (nSPS) is 11.0. The molecule has 1 amide bonds. The van der Waals surface area contributed by atoms with Crippen molar-refractivity contribution in [2.75, 3.05) is 14.2 Å². The summed E-state index contributed by atoms with van der Waals surface area (Å²) in [6, 6.07) is 19.8. The zero-order chi connectivity index (χ0) is 17.6. The Bertz CT molecular complexity index is 870. The second kappa shape index (κ2) is 7.59. The van der Waals surface area contributed by atoms with Crippen molar-refractivity contribution in [1.29, 1.82) is 0 Å². The SMILES string of the molecule is CON(C)C(=O)/C=C/c1cn(-c2ccccc2)nc1-c1ccccc1. The molecule has 5 nitrogen and oxygen atoms in total. The molecule has 3 aromatic rings. The number of nitrogens with zero attached hydrogens (tertiary/aromatic N) is 3. The number of aromatic nitrogens is 2. The molecule has 0 N–H and O–H groups in total. The van der Waals surface area contributed by atoms with Crippen molar-refractivity contribution >= 4 is 12.0 Å². The van der Waals surface area contributed by atoms with Crippen LogP contribution in [0.25, 0.3) is 23.0 Å². The van der Waals surface area contributed by atoms with E-state index in [0.29, 0.717) is 0 Å². The highest BCUT2D eigenvalue weighted by molar-refractivity contribution is 5.92. The Morgan fingerprint density at radius 3 is 2.36 bits per heavy atom. The van der Waals surface area contributed by atoms with Gasteiger partial charge in [-0.1, -0.05) is 48.5 Å². The fraction of sp³-hybridized carbons (Fsp3) is 0.100. The summed E-state index contributed by atoms with van der Waals surface area (Å²) < 4.78 is 1.81. The lowest BCUT2D eigenvalue weighted by Crippen LogP contribution is -2.22. The molecule has 1 aromatic heterocycles. The molecule has 0 saturated carbocycles. The number of rotatable bonds is 5. The van der Waals surface area contributed by atoms with Gasteiger partial charge in [-0.3, -0.25) is 9.63 Å². The van der Waals surface area contributed by atoms with E-state index in [9.17, 15) is 4.79 Å². The minimum Gasteiger partial charge on any atom is -0.274 e. The van der Waals surface area contributed by atoms with Gasteiger partial charge in [0.25, 0.3) is 5.91 Å². The average Bonchev–Trinajstić information content (AvgIpc) is 3.11. The van der Waals surface area contributed by atoms with Crippen LogP contribution < -0.4 is 0 Å².